The first-order valence-electron chi connectivity index (χ1n) is 7.13. The Balaban J connectivity index is 2.46. The van der Waals surface area contributed by atoms with Crippen LogP contribution in [0.25, 0.3) is 16.7 Å². The summed E-state index contributed by atoms with van der Waals surface area (Å²) in [6.07, 6.45) is -4.94. The molecular weight excluding hydrogens is 607 g/mol. The van der Waals surface area contributed by atoms with Crippen LogP contribution in [0, 0.1) is 5.82 Å². The SMILES string of the molecule is Cn1c(C(F)(F)F)cc(=O)n(-c2c(F)cc(Cl)c3oc(C(Br)(Br)Br)cc23)c1=O. The van der Waals surface area contributed by atoms with Gasteiger partial charge in [-0.15, -0.1) is 0 Å². The third kappa shape index (κ3) is 3.59. The molecule has 0 amide bonds. The van der Waals surface area contributed by atoms with Crippen LogP contribution in [0.1, 0.15) is 11.5 Å². The second-order valence-electron chi connectivity index (χ2n) is 5.58. The summed E-state index contributed by atoms with van der Waals surface area (Å²) in [5.74, 6) is -0.943. The summed E-state index contributed by atoms with van der Waals surface area (Å²) < 4.78 is 58.8. The van der Waals surface area contributed by atoms with Crippen molar-refractivity contribution in [3.8, 4) is 5.69 Å². The Hall–Kier alpha value is -1.11. The van der Waals surface area contributed by atoms with Crippen LogP contribution in [-0.4, -0.2) is 9.13 Å². The largest absolute Gasteiger partial charge is 0.456 e. The van der Waals surface area contributed by atoms with E-state index in [2.05, 4.69) is 47.8 Å². The molecule has 0 aliphatic rings. The van der Waals surface area contributed by atoms with Gasteiger partial charge >= 0.3 is 11.9 Å². The van der Waals surface area contributed by atoms with Crippen molar-refractivity contribution >= 4 is 70.4 Å². The van der Waals surface area contributed by atoms with Gasteiger partial charge in [0.2, 0.25) is 0 Å². The lowest BCUT2D eigenvalue weighted by Gasteiger charge is -2.14. The zero-order valence-corrected chi connectivity index (χ0v) is 18.9. The van der Waals surface area contributed by atoms with Crippen LogP contribution in [0.5, 0.6) is 0 Å². The van der Waals surface area contributed by atoms with Crippen LogP contribution in [-0.2, 0) is 15.4 Å². The lowest BCUT2D eigenvalue weighted by Crippen LogP contribution is -2.41. The van der Waals surface area contributed by atoms with Crippen molar-refractivity contribution in [1.29, 1.82) is 0 Å². The molecule has 5 nitrogen and oxygen atoms in total. The molecule has 0 aliphatic heterocycles. The number of rotatable bonds is 1. The minimum absolute atomic E-state index is 0.0651. The summed E-state index contributed by atoms with van der Waals surface area (Å²) >= 11 is 15.6. The Labute approximate surface area is 183 Å². The van der Waals surface area contributed by atoms with Crippen LogP contribution in [0.2, 0.25) is 5.02 Å². The average molecular weight is 613 g/mol. The van der Waals surface area contributed by atoms with Gasteiger partial charge in [-0.25, -0.2) is 13.8 Å². The van der Waals surface area contributed by atoms with Crippen molar-refractivity contribution < 1.29 is 22.0 Å². The first kappa shape index (κ1) is 21.6. The summed E-state index contributed by atoms with van der Waals surface area (Å²) in [7, 11) is 0.827. The van der Waals surface area contributed by atoms with Crippen LogP contribution in [0.3, 0.4) is 0 Å². The van der Waals surface area contributed by atoms with Gasteiger partial charge in [-0.3, -0.25) is 9.36 Å². The number of hydrogen-bond donors (Lipinski definition) is 0. The van der Waals surface area contributed by atoms with Crippen LogP contribution in [0.4, 0.5) is 17.6 Å². The van der Waals surface area contributed by atoms with Gasteiger partial charge in [0.05, 0.1) is 5.02 Å². The van der Waals surface area contributed by atoms with Gasteiger partial charge in [0.1, 0.15) is 23.0 Å². The fourth-order valence-electron chi connectivity index (χ4n) is 2.59. The molecule has 2 aromatic heterocycles. The Morgan fingerprint density at radius 1 is 1.11 bits per heavy atom. The first-order chi connectivity index (χ1) is 12.7. The molecule has 1 aromatic carbocycles. The average Bonchev–Trinajstić information content (AvgIpc) is 2.98. The van der Waals surface area contributed by atoms with E-state index in [0.29, 0.717) is 4.57 Å². The minimum Gasteiger partial charge on any atom is -0.456 e. The highest BCUT2D eigenvalue weighted by Gasteiger charge is 2.36. The standard InChI is InChI=1S/C15H6Br3ClF4N2O3/c1-24-8(15(21,22)23)4-10(26)25(13(24)27)11-5-2-9(14(16,17)18)28-12(5)6(19)3-7(11)20/h2-4H,1H3. The second kappa shape index (κ2) is 6.99. The molecule has 28 heavy (non-hydrogen) atoms. The summed E-state index contributed by atoms with van der Waals surface area (Å²) in [5.41, 5.74) is -4.84. The molecule has 150 valence electrons. The number of furan rings is 1. The van der Waals surface area contributed by atoms with Gasteiger partial charge in [-0.05, 0) is 12.1 Å². The summed E-state index contributed by atoms with van der Waals surface area (Å²) in [6, 6.07) is 2.29. The van der Waals surface area contributed by atoms with Gasteiger partial charge in [-0.2, -0.15) is 13.2 Å². The normalized spacial score (nSPS) is 12.8. The third-order valence-electron chi connectivity index (χ3n) is 3.80. The van der Waals surface area contributed by atoms with E-state index in [1.165, 1.54) is 6.07 Å². The Morgan fingerprint density at radius 3 is 2.25 bits per heavy atom. The monoisotopic (exact) mass is 610 g/mol. The van der Waals surface area contributed by atoms with Crippen LogP contribution in [0.15, 0.2) is 32.2 Å². The summed E-state index contributed by atoms with van der Waals surface area (Å²) in [6.45, 7) is 0. The molecule has 0 radical (unpaired) electrons. The molecule has 2 heterocycles. The molecule has 13 heteroatoms. The smallest absolute Gasteiger partial charge is 0.431 e. The fourth-order valence-corrected chi connectivity index (χ4v) is 3.41. The van der Waals surface area contributed by atoms with Crippen molar-refractivity contribution in [1.82, 2.24) is 9.13 Å². The lowest BCUT2D eigenvalue weighted by molar-refractivity contribution is -0.144. The predicted molar refractivity (Wildman–Crippen MR) is 105 cm³/mol. The molecule has 0 saturated carbocycles. The van der Waals surface area contributed by atoms with Crippen molar-refractivity contribution in [2.45, 2.75) is 8.32 Å². The van der Waals surface area contributed by atoms with E-state index in [1.807, 2.05) is 0 Å². The molecule has 0 bridgehead atoms. The Kier molecular flexibility index (Phi) is 5.39. The van der Waals surface area contributed by atoms with Gasteiger partial charge in [0.15, 0.2) is 7.73 Å². The molecule has 0 fully saturated rings. The highest BCUT2D eigenvalue weighted by atomic mass is 80.0. The highest BCUT2D eigenvalue weighted by molar-refractivity contribution is 9.38. The van der Waals surface area contributed by atoms with E-state index in [9.17, 15) is 27.2 Å². The number of nitrogens with zero attached hydrogens (tertiary/aromatic N) is 2. The molecule has 0 N–H and O–H groups in total. The van der Waals surface area contributed by atoms with E-state index in [-0.39, 0.29) is 32.4 Å². The molecule has 3 rings (SSSR count). The Morgan fingerprint density at radius 2 is 1.71 bits per heavy atom. The summed E-state index contributed by atoms with van der Waals surface area (Å²) in [5, 5.41) is -0.238. The van der Waals surface area contributed by atoms with E-state index in [1.54, 1.807) is 0 Å². The van der Waals surface area contributed by atoms with Crippen molar-refractivity contribution in [3.63, 3.8) is 0 Å². The number of hydrogen-bond acceptors (Lipinski definition) is 3. The molecule has 0 unspecified atom stereocenters. The van der Waals surface area contributed by atoms with Gasteiger partial charge in [0, 0.05) is 18.5 Å². The van der Waals surface area contributed by atoms with Crippen molar-refractivity contribution in [2.75, 3.05) is 0 Å². The predicted octanol–water partition coefficient (Wildman–Crippen LogP) is 5.39. The van der Waals surface area contributed by atoms with Gasteiger partial charge in [0.25, 0.3) is 5.56 Å². The van der Waals surface area contributed by atoms with E-state index >= 15 is 0 Å². The lowest BCUT2D eigenvalue weighted by atomic mass is 10.2. The third-order valence-corrected chi connectivity index (χ3v) is 5.25. The van der Waals surface area contributed by atoms with Crippen molar-refractivity contribution in [2.24, 2.45) is 7.05 Å². The molecule has 0 spiro atoms. The van der Waals surface area contributed by atoms with E-state index in [0.717, 1.165) is 13.1 Å². The van der Waals surface area contributed by atoms with E-state index < -0.39 is 36.8 Å². The maximum atomic E-state index is 14.7. The molecule has 3 aromatic rings. The second-order valence-corrected chi connectivity index (χ2v) is 12.8. The zero-order valence-electron chi connectivity index (χ0n) is 13.4. The van der Waals surface area contributed by atoms with Crippen LogP contribution >= 0.6 is 59.4 Å². The quantitative estimate of drug-likeness (QED) is 0.274. The van der Waals surface area contributed by atoms with Crippen LogP contribution < -0.4 is 11.2 Å². The highest BCUT2D eigenvalue weighted by Crippen LogP contribution is 2.47. The Bertz CT molecular complexity index is 1220. The van der Waals surface area contributed by atoms with Crippen molar-refractivity contribution in [3.05, 3.63) is 61.3 Å². The van der Waals surface area contributed by atoms with Gasteiger partial charge in [-0.1, -0.05) is 59.4 Å². The summed E-state index contributed by atoms with van der Waals surface area (Å²) in [4.78, 5) is 24.8. The van der Waals surface area contributed by atoms with E-state index in [4.69, 9.17) is 16.0 Å². The molecular formula is C15H6Br3ClF4N2O3. The number of aromatic nitrogens is 2. The number of fused-ring (bicyclic) bond motifs is 1. The molecule has 0 atom stereocenters. The maximum absolute atomic E-state index is 14.7. The number of benzene rings is 1. The minimum atomic E-state index is -4.94. The zero-order chi connectivity index (χ0) is 21.2. The number of halogens is 8. The maximum Gasteiger partial charge on any atom is 0.431 e. The molecule has 0 aliphatic carbocycles. The molecule has 0 saturated heterocycles. The number of alkyl halides is 6. The first-order valence-corrected chi connectivity index (χ1v) is 9.88. The van der Waals surface area contributed by atoms with Gasteiger partial charge < -0.3 is 4.42 Å². The topological polar surface area (TPSA) is 57.1 Å². The fraction of sp³-hybridized carbons (Fsp3) is 0.200.